The maximum atomic E-state index is 12.4. The zero-order chi connectivity index (χ0) is 12.6. The van der Waals surface area contributed by atoms with E-state index >= 15 is 0 Å². The molecular weight excluding hydrogens is 220 g/mol. The Kier molecular flexibility index (Phi) is 3.12. The lowest BCUT2D eigenvalue weighted by Gasteiger charge is -2.45. The Labute approximate surface area is 101 Å². The fourth-order valence-corrected chi connectivity index (χ4v) is 2.77. The number of hydrogen-bond acceptors (Lipinski definition) is 3. The van der Waals surface area contributed by atoms with Crippen LogP contribution in [0.5, 0.6) is 0 Å². The van der Waals surface area contributed by atoms with Gasteiger partial charge in [0.1, 0.15) is 5.41 Å². The van der Waals surface area contributed by atoms with Gasteiger partial charge in [-0.05, 0) is 26.8 Å². The summed E-state index contributed by atoms with van der Waals surface area (Å²) in [5.74, 6) is -1.11. The van der Waals surface area contributed by atoms with Crippen molar-refractivity contribution < 1.29 is 14.7 Å². The molecule has 2 aliphatic rings. The van der Waals surface area contributed by atoms with E-state index in [0.717, 1.165) is 19.5 Å². The molecule has 1 atom stereocenters. The van der Waals surface area contributed by atoms with Gasteiger partial charge in [-0.25, -0.2) is 0 Å². The minimum absolute atomic E-state index is 0.109. The number of carbonyl (C=O) groups excluding carboxylic acids is 1. The van der Waals surface area contributed by atoms with Gasteiger partial charge in [0.15, 0.2) is 0 Å². The topological polar surface area (TPSA) is 60.9 Å². The molecule has 1 aliphatic carbocycles. The van der Waals surface area contributed by atoms with E-state index in [2.05, 4.69) is 4.90 Å². The highest BCUT2D eigenvalue weighted by Gasteiger charge is 2.53. The summed E-state index contributed by atoms with van der Waals surface area (Å²) in [4.78, 5) is 27.6. The highest BCUT2D eigenvalue weighted by atomic mass is 16.4. The van der Waals surface area contributed by atoms with Crippen molar-refractivity contribution in [3.63, 3.8) is 0 Å². The summed E-state index contributed by atoms with van der Waals surface area (Å²) in [7, 11) is 2.02. The van der Waals surface area contributed by atoms with Crippen molar-refractivity contribution >= 4 is 11.9 Å². The minimum atomic E-state index is -1.11. The molecule has 0 aromatic rings. The molecule has 1 unspecified atom stereocenters. The zero-order valence-electron chi connectivity index (χ0n) is 10.5. The van der Waals surface area contributed by atoms with Crippen molar-refractivity contribution in [3.8, 4) is 0 Å². The molecule has 0 bridgehead atoms. The summed E-state index contributed by atoms with van der Waals surface area (Å²) in [6, 6.07) is 0.109. The van der Waals surface area contributed by atoms with E-state index in [0.29, 0.717) is 19.4 Å². The van der Waals surface area contributed by atoms with Crippen molar-refractivity contribution in [2.45, 2.75) is 32.2 Å². The molecule has 1 saturated carbocycles. The fraction of sp³-hybridized carbons (Fsp3) is 0.833. The fourth-order valence-electron chi connectivity index (χ4n) is 2.77. The number of piperazine rings is 1. The lowest BCUT2D eigenvalue weighted by Crippen LogP contribution is -2.60. The Balaban J connectivity index is 2.11. The standard InChI is InChI=1S/C12H20N2O3/c1-9-8-13(2)6-7-14(9)10(15)12(11(16)17)4-3-5-12/h9H,3-8H2,1-2H3,(H,16,17). The summed E-state index contributed by atoms with van der Waals surface area (Å²) in [6.07, 6.45) is 1.85. The van der Waals surface area contributed by atoms with Crippen LogP contribution in [0.25, 0.3) is 0 Å². The van der Waals surface area contributed by atoms with Gasteiger partial charge in [-0.15, -0.1) is 0 Å². The Hall–Kier alpha value is -1.10. The molecule has 2 rings (SSSR count). The number of carbonyl (C=O) groups is 2. The van der Waals surface area contributed by atoms with E-state index in [1.165, 1.54) is 0 Å². The van der Waals surface area contributed by atoms with Crippen molar-refractivity contribution in [1.82, 2.24) is 9.80 Å². The molecule has 0 radical (unpaired) electrons. The van der Waals surface area contributed by atoms with E-state index in [-0.39, 0.29) is 11.9 Å². The smallest absolute Gasteiger partial charge is 0.319 e. The summed E-state index contributed by atoms with van der Waals surface area (Å²) in [5, 5.41) is 9.27. The predicted molar refractivity (Wildman–Crippen MR) is 62.6 cm³/mol. The molecule has 0 aromatic carbocycles. The van der Waals surface area contributed by atoms with Crippen molar-refractivity contribution in [2.75, 3.05) is 26.7 Å². The number of hydrogen-bond donors (Lipinski definition) is 1. The van der Waals surface area contributed by atoms with Gasteiger partial charge in [0, 0.05) is 25.7 Å². The quantitative estimate of drug-likeness (QED) is 0.710. The lowest BCUT2D eigenvalue weighted by molar-refractivity contribution is -0.169. The van der Waals surface area contributed by atoms with Crippen LogP contribution in [0.3, 0.4) is 0 Å². The molecule has 96 valence electrons. The molecule has 17 heavy (non-hydrogen) atoms. The normalized spacial score (nSPS) is 28.6. The third-order valence-corrected chi connectivity index (χ3v) is 4.12. The van der Waals surface area contributed by atoms with Gasteiger partial charge in [0.05, 0.1) is 0 Å². The van der Waals surface area contributed by atoms with Gasteiger partial charge in [0.2, 0.25) is 5.91 Å². The predicted octanol–water partition coefficient (Wildman–Crippen LogP) is 0.404. The molecule has 1 amide bonds. The van der Waals surface area contributed by atoms with Crippen molar-refractivity contribution in [2.24, 2.45) is 5.41 Å². The first-order valence-corrected chi connectivity index (χ1v) is 6.20. The molecule has 5 nitrogen and oxygen atoms in total. The maximum absolute atomic E-state index is 12.4. The van der Waals surface area contributed by atoms with Crippen LogP contribution in [0.15, 0.2) is 0 Å². The van der Waals surface area contributed by atoms with Crippen LogP contribution in [0.2, 0.25) is 0 Å². The summed E-state index contributed by atoms with van der Waals surface area (Å²) < 4.78 is 0. The van der Waals surface area contributed by atoms with E-state index in [1.54, 1.807) is 4.90 Å². The number of nitrogens with zero attached hydrogens (tertiary/aromatic N) is 2. The molecular formula is C12H20N2O3. The van der Waals surface area contributed by atoms with Crippen LogP contribution in [-0.4, -0.2) is 59.5 Å². The van der Waals surface area contributed by atoms with Gasteiger partial charge < -0.3 is 14.9 Å². The molecule has 5 heteroatoms. The highest BCUT2D eigenvalue weighted by molar-refractivity contribution is 6.03. The van der Waals surface area contributed by atoms with Gasteiger partial charge >= 0.3 is 5.97 Å². The third-order valence-electron chi connectivity index (χ3n) is 4.12. The number of amides is 1. The first-order valence-electron chi connectivity index (χ1n) is 6.20. The van der Waals surface area contributed by atoms with Crippen molar-refractivity contribution in [1.29, 1.82) is 0 Å². The zero-order valence-corrected chi connectivity index (χ0v) is 10.5. The summed E-state index contributed by atoms with van der Waals surface area (Å²) >= 11 is 0. The van der Waals surface area contributed by atoms with Crippen LogP contribution in [0.4, 0.5) is 0 Å². The molecule has 1 heterocycles. The average Bonchev–Trinajstić information content (AvgIpc) is 2.14. The SMILES string of the molecule is CC1CN(C)CCN1C(=O)C1(C(=O)O)CCC1. The van der Waals surface area contributed by atoms with E-state index < -0.39 is 11.4 Å². The first kappa shape index (κ1) is 12.4. The first-order chi connectivity index (χ1) is 7.97. The highest BCUT2D eigenvalue weighted by Crippen LogP contribution is 2.43. The maximum Gasteiger partial charge on any atom is 0.319 e. The van der Waals surface area contributed by atoms with Crippen LogP contribution < -0.4 is 0 Å². The van der Waals surface area contributed by atoms with Crippen LogP contribution in [0.1, 0.15) is 26.2 Å². The Morgan fingerprint density at radius 3 is 2.35 bits per heavy atom. The number of likely N-dealkylation sites (N-methyl/N-ethyl adjacent to an activating group) is 1. The second kappa shape index (κ2) is 4.29. The van der Waals surface area contributed by atoms with Gasteiger partial charge in [-0.3, -0.25) is 9.59 Å². The molecule has 2 fully saturated rings. The minimum Gasteiger partial charge on any atom is -0.480 e. The van der Waals surface area contributed by atoms with Crippen LogP contribution in [0, 0.1) is 5.41 Å². The number of carboxylic acid groups (broad SMARTS) is 1. The Morgan fingerprint density at radius 2 is 1.94 bits per heavy atom. The van der Waals surface area contributed by atoms with Crippen LogP contribution in [-0.2, 0) is 9.59 Å². The number of aliphatic carboxylic acids is 1. The van der Waals surface area contributed by atoms with Gasteiger partial charge in [-0.2, -0.15) is 0 Å². The molecule has 0 spiro atoms. The summed E-state index contributed by atoms with van der Waals surface area (Å²) in [5.41, 5.74) is -1.11. The second-order valence-corrected chi connectivity index (χ2v) is 5.35. The van der Waals surface area contributed by atoms with Crippen LogP contribution >= 0.6 is 0 Å². The molecule has 1 N–H and O–H groups in total. The van der Waals surface area contributed by atoms with E-state index in [9.17, 15) is 14.7 Å². The average molecular weight is 240 g/mol. The van der Waals surface area contributed by atoms with Gasteiger partial charge in [0.25, 0.3) is 0 Å². The second-order valence-electron chi connectivity index (χ2n) is 5.35. The van der Waals surface area contributed by atoms with E-state index in [4.69, 9.17) is 0 Å². The van der Waals surface area contributed by atoms with E-state index in [1.807, 2.05) is 14.0 Å². The van der Waals surface area contributed by atoms with Crippen molar-refractivity contribution in [3.05, 3.63) is 0 Å². The Bertz CT molecular complexity index is 339. The number of rotatable bonds is 2. The number of carboxylic acids is 1. The largest absolute Gasteiger partial charge is 0.480 e. The Morgan fingerprint density at radius 1 is 1.29 bits per heavy atom. The summed E-state index contributed by atoms with van der Waals surface area (Å²) in [6.45, 7) is 4.28. The molecule has 0 aromatic heterocycles. The lowest BCUT2D eigenvalue weighted by atomic mass is 9.67. The van der Waals surface area contributed by atoms with Gasteiger partial charge in [-0.1, -0.05) is 6.42 Å². The molecule has 1 aliphatic heterocycles. The molecule has 1 saturated heterocycles. The monoisotopic (exact) mass is 240 g/mol. The third kappa shape index (κ3) is 1.92.